The Morgan fingerprint density at radius 1 is 0.906 bits per heavy atom. The number of rotatable bonds is 6. The molecular formula is C26H27NO5. The fourth-order valence-electron chi connectivity index (χ4n) is 3.90. The molecule has 6 nitrogen and oxygen atoms in total. The van der Waals surface area contributed by atoms with Gasteiger partial charge in [-0.25, -0.2) is 0 Å². The largest absolute Gasteiger partial charge is 0.508 e. The van der Waals surface area contributed by atoms with Gasteiger partial charge in [0, 0.05) is 30.2 Å². The van der Waals surface area contributed by atoms with Crippen molar-refractivity contribution in [2.45, 2.75) is 26.7 Å². The lowest BCUT2D eigenvalue weighted by atomic mass is 9.77. The van der Waals surface area contributed by atoms with Crippen LogP contribution in [0.4, 0.5) is 0 Å². The van der Waals surface area contributed by atoms with Crippen molar-refractivity contribution in [2.24, 2.45) is 5.92 Å². The number of benzene rings is 2. The summed E-state index contributed by atoms with van der Waals surface area (Å²) in [5.41, 5.74) is 2.07. The zero-order valence-corrected chi connectivity index (χ0v) is 18.2. The van der Waals surface area contributed by atoms with Gasteiger partial charge in [0.2, 0.25) is 5.78 Å². The Balaban J connectivity index is 2.01. The van der Waals surface area contributed by atoms with E-state index in [1.54, 1.807) is 36.4 Å². The van der Waals surface area contributed by atoms with Crippen LogP contribution in [0.1, 0.15) is 37.8 Å². The molecule has 0 unspecified atom stereocenters. The molecule has 0 saturated heterocycles. The zero-order chi connectivity index (χ0) is 23.3. The van der Waals surface area contributed by atoms with Gasteiger partial charge in [-0.05, 0) is 74.2 Å². The molecular weight excluding hydrogens is 406 g/mol. The Kier molecular flexibility index (Phi) is 7.25. The molecule has 1 aliphatic carbocycles. The quantitative estimate of drug-likeness (QED) is 0.531. The monoisotopic (exact) mass is 433 g/mol. The third kappa shape index (κ3) is 5.32. The third-order valence-corrected chi connectivity index (χ3v) is 5.57. The number of amides is 1. The molecule has 32 heavy (non-hydrogen) atoms. The maximum atomic E-state index is 13.2. The van der Waals surface area contributed by atoms with Crippen LogP contribution in [0.2, 0.25) is 0 Å². The Hall–Kier alpha value is -3.67. The molecule has 1 fully saturated rings. The first-order chi connectivity index (χ1) is 15.3. The molecule has 0 heterocycles. The molecule has 1 amide bonds. The van der Waals surface area contributed by atoms with E-state index < -0.39 is 17.6 Å². The first-order valence-corrected chi connectivity index (χ1v) is 10.7. The standard InChI is InChI=1S/C26H27NO5/c1-3-27(4-2)26(32)25(31)21-15-19(11-17-7-5-9-22(28)13-17)24(30)20(16-21)12-18-8-6-10-23(29)14-18/h5-14,21,28-29H,3-4,15-16H2,1-2H3. The number of carbonyl (C=O) groups excluding carboxylic acids is 3. The van der Waals surface area contributed by atoms with Crippen LogP contribution in [-0.4, -0.2) is 45.7 Å². The highest BCUT2D eigenvalue weighted by Crippen LogP contribution is 2.34. The van der Waals surface area contributed by atoms with E-state index in [1.165, 1.54) is 29.2 Å². The van der Waals surface area contributed by atoms with E-state index >= 15 is 0 Å². The van der Waals surface area contributed by atoms with Gasteiger partial charge in [0.05, 0.1) is 0 Å². The van der Waals surface area contributed by atoms with E-state index in [9.17, 15) is 24.6 Å². The molecule has 2 N–H and O–H groups in total. The van der Waals surface area contributed by atoms with Crippen LogP contribution in [0.5, 0.6) is 11.5 Å². The van der Waals surface area contributed by atoms with Gasteiger partial charge >= 0.3 is 0 Å². The van der Waals surface area contributed by atoms with Crippen LogP contribution in [-0.2, 0) is 14.4 Å². The second-order valence-electron chi connectivity index (χ2n) is 7.81. The third-order valence-electron chi connectivity index (χ3n) is 5.57. The first-order valence-electron chi connectivity index (χ1n) is 10.7. The van der Waals surface area contributed by atoms with E-state index in [1.807, 2.05) is 13.8 Å². The van der Waals surface area contributed by atoms with Crippen molar-refractivity contribution in [3.05, 3.63) is 70.8 Å². The molecule has 1 aliphatic rings. The fourth-order valence-corrected chi connectivity index (χ4v) is 3.90. The average Bonchev–Trinajstić information content (AvgIpc) is 2.76. The molecule has 2 aromatic rings. The molecule has 6 heteroatoms. The van der Waals surface area contributed by atoms with Crippen molar-refractivity contribution in [2.75, 3.05) is 13.1 Å². The first kappa shape index (κ1) is 23.0. The fraction of sp³-hybridized carbons (Fsp3) is 0.269. The summed E-state index contributed by atoms with van der Waals surface area (Å²) < 4.78 is 0. The maximum Gasteiger partial charge on any atom is 0.290 e. The number of nitrogens with zero attached hydrogens (tertiary/aromatic N) is 1. The van der Waals surface area contributed by atoms with Gasteiger partial charge in [-0.2, -0.15) is 0 Å². The van der Waals surface area contributed by atoms with Gasteiger partial charge < -0.3 is 15.1 Å². The predicted molar refractivity (Wildman–Crippen MR) is 123 cm³/mol. The molecule has 0 bridgehead atoms. The van der Waals surface area contributed by atoms with Crippen molar-refractivity contribution in [1.82, 2.24) is 4.90 Å². The number of carbonyl (C=O) groups is 3. The van der Waals surface area contributed by atoms with Crippen LogP contribution >= 0.6 is 0 Å². The minimum Gasteiger partial charge on any atom is -0.508 e. The molecule has 0 aromatic heterocycles. The van der Waals surface area contributed by atoms with Gasteiger partial charge in [0.1, 0.15) is 11.5 Å². The van der Waals surface area contributed by atoms with Crippen molar-refractivity contribution in [1.29, 1.82) is 0 Å². The van der Waals surface area contributed by atoms with Crippen molar-refractivity contribution in [3.8, 4) is 11.5 Å². The minimum absolute atomic E-state index is 0.0717. The lowest BCUT2D eigenvalue weighted by Crippen LogP contribution is -2.41. The zero-order valence-electron chi connectivity index (χ0n) is 18.2. The van der Waals surface area contributed by atoms with Gasteiger partial charge in [0.25, 0.3) is 5.91 Å². The maximum absolute atomic E-state index is 13.2. The molecule has 3 rings (SSSR count). The molecule has 2 aromatic carbocycles. The SMILES string of the molecule is CCN(CC)C(=O)C(=O)C1CC(=Cc2cccc(O)c2)C(=O)C(=Cc2cccc(O)c2)C1. The van der Waals surface area contributed by atoms with Crippen molar-refractivity contribution in [3.63, 3.8) is 0 Å². The van der Waals surface area contributed by atoms with Gasteiger partial charge in [-0.1, -0.05) is 24.3 Å². The Morgan fingerprint density at radius 2 is 1.38 bits per heavy atom. The highest BCUT2D eigenvalue weighted by molar-refractivity contribution is 6.37. The van der Waals surface area contributed by atoms with Crippen molar-refractivity contribution >= 4 is 29.6 Å². The van der Waals surface area contributed by atoms with E-state index in [4.69, 9.17) is 0 Å². The second kappa shape index (κ2) is 10.1. The minimum atomic E-state index is -0.659. The molecule has 0 aliphatic heterocycles. The molecule has 166 valence electrons. The number of phenolic OH excluding ortho intramolecular Hbond substituents is 2. The summed E-state index contributed by atoms with van der Waals surface area (Å²) in [4.78, 5) is 40.4. The summed E-state index contributed by atoms with van der Waals surface area (Å²) in [5, 5.41) is 19.5. The van der Waals surface area contributed by atoms with E-state index in [0.29, 0.717) is 35.4 Å². The Labute approximate surface area is 187 Å². The number of aromatic hydroxyl groups is 2. The van der Waals surface area contributed by atoms with Crippen LogP contribution < -0.4 is 0 Å². The normalized spacial score (nSPS) is 18.7. The Morgan fingerprint density at radius 3 is 1.78 bits per heavy atom. The molecule has 0 radical (unpaired) electrons. The smallest absolute Gasteiger partial charge is 0.290 e. The van der Waals surface area contributed by atoms with Gasteiger partial charge in [0.15, 0.2) is 5.78 Å². The van der Waals surface area contributed by atoms with Crippen LogP contribution in [0.25, 0.3) is 12.2 Å². The van der Waals surface area contributed by atoms with E-state index in [-0.39, 0.29) is 30.1 Å². The lowest BCUT2D eigenvalue weighted by molar-refractivity contribution is -0.146. The number of hydrogen-bond donors (Lipinski definition) is 2. The summed E-state index contributed by atoms with van der Waals surface area (Å²) in [5.74, 6) is -1.78. The summed E-state index contributed by atoms with van der Waals surface area (Å²) in [7, 11) is 0. The highest BCUT2D eigenvalue weighted by Gasteiger charge is 2.36. The van der Waals surface area contributed by atoms with Gasteiger partial charge in [-0.3, -0.25) is 14.4 Å². The number of phenols is 2. The van der Waals surface area contributed by atoms with Gasteiger partial charge in [-0.15, -0.1) is 0 Å². The summed E-state index contributed by atoms with van der Waals surface area (Å²) in [6, 6.07) is 13.0. The van der Waals surface area contributed by atoms with Crippen LogP contribution in [0, 0.1) is 5.92 Å². The highest BCUT2D eigenvalue weighted by atomic mass is 16.3. The average molecular weight is 434 g/mol. The second-order valence-corrected chi connectivity index (χ2v) is 7.81. The van der Waals surface area contributed by atoms with E-state index in [0.717, 1.165) is 0 Å². The number of ketones is 2. The Bertz CT molecular complexity index is 1030. The number of allylic oxidation sites excluding steroid dienone is 2. The molecule has 0 atom stereocenters. The predicted octanol–water partition coefficient (Wildman–Crippen LogP) is 3.98. The number of likely N-dealkylation sites (N-methyl/N-ethyl adjacent to an activating group) is 1. The topological polar surface area (TPSA) is 94.9 Å². The summed E-state index contributed by atoms with van der Waals surface area (Å²) in [6.45, 7) is 4.51. The number of hydrogen-bond acceptors (Lipinski definition) is 5. The number of Topliss-reactive ketones (excluding diaryl/α,β-unsaturated/α-hetero) is 2. The van der Waals surface area contributed by atoms with E-state index in [2.05, 4.69) is 0 Å². The molecule has 1 saturated carbocycles. The molecule has 0 spiro atoms. The van der Waals surface area contributed by atoms with Crippen LogP contribution in [0.3, 0.4) is 0 Å². The lowest BCUT2D eigenvalue weighted by Gasteiger charge is -2.26. The van der Waals surface area contributed by atoms with Crippen LogP contribution in [0.15, 0.2) is 59.7 Å². The summed E-state index contributed by atoms with van der Waals surface area (Å²) in [6.07, 6.45) is 3.61. The van der Waals surface area contributed by atoms with Crippen molar-refractivity contribution < 1.29 is 24.6 Å². The summed E-state index contributed by atoms with van der Waals surface area (Å²) >= 11 is 0.